The van der Waals surface area contributed by atoms with E-state index in [-0.39, 0.29) is 5.69 Å². The number of rotatable bonds is 2. The number of fused-ring (bicyclic) bond motifs is 1. The number of hydrogen-bond acceptors (Lipinski definition) is 1. The number of nitrogens with zero attached hydrogens (tertiary/aromatic N) is 2. The molecule has 0 saturated carbocycles. The standard InChI is InChI=1S/C11H14N2O/c1-3-8-13-10-7-5-4-6-9(10)12(2)11(13)14/h4-7H,3,8H2,1-2H3. The summed E-state index contributed by atoms with van der Waals surface area (Å²) in [5.74, 6) is 0. The van der Waals surface area contributed by atoms with Gasteiger partial charge in [0.05, 0.1) is 11.0 Å². The van der Waals surface area contributed by atoms with Gasteiger partial charge in [-0.3, -0.25) is 9.13 Å². The van der Waals surface area contributed by atoms with Gasteiger partial charge in [-0.2, -0.15) is 0 Å². The predicted molar refractivity (Wildman–Crippen MR) is 57.5 cm³/mol. The van der Waals surface area contributed by atoms with E-state index in [9.17, 15) is 4.79 Å². The molecule has 0 unspecified atom stereocenters. The van der Waals surface area contributed by atoms with Gasteiger partial charge in [0.2, 0.25) is 0 Å². The third kappa shape index (κ3) is 1.16. The van der Waals surface area contributed by atoms with E-state index in [1.165, 1.54) is 0 Å². The van der Waals surface area contributed by atoms with Crippen LogP contribution in [0, 0.1) is 0 Å². The molecule has 2 aromatic rings. The highest BCUT2D eigenvalue weighted by Crippen LogP contribution is 2.11. The minimum atomic E-state index is 0.0769. The largest absolute Gasteiger partial charge is 0.328 e. The van der Waals surface area contributed by atoms with Crippen molar-refractivity contribution in [2.24, 2.45) is 7.05 Å². The predicted octanol–water partition coefficient (Wildman–Crippen LogP) is 1.75. The Balaban J connectivity index is 2.81. The molecular formula is C11H14N2O. The Morgan fingerprint density at radius 1 is 1.21 bits per heavy atom. The van der Waals surface area contributed by atoms with Crippen molar-refractivity contribution in [1.82, 2.24) is 9.13 Å². The van der Waals surface area contributed by atoms with E-state index < -0.39 is 0 Å². The second kappa shape index (κ2) is 3.33. The molecule has 0 aliphatic heterocycles. The summed E-state index contributed by atoms with van der Waals surface area (Å²) in [5, 5.41) is 0. The van der Waals surface area contributed by atoms with Crippen molar-refractivity contribution in [2.75, 3.05) is 0 Å². The summed E-state index contributed by atoms with van der Waals surface area (Å²) in [6.45, 7) is 2.87. The van der Waals surface area contributed by atoms with Crippen LogP contribution in [0.3, 0.4) is 0 Å². The maximum Gasteiger partial charge on any atom is 0.328 e. The lowest BCUT2D eigenvalue weighted by molar-refractivity contribution is 0.652. The lowest BCUT2D eigenvalue weighted by Crippen LogP contribution is -2.21. The molecule has 0 atom stereocenters. The van der Waals surface area contributed by atoms with Gasteiger partial charge >= 0.3 is 5.69 Å². The molecule has 0 aliphatic rings. The first-order chi connectivity index (χ1) is 6.75. The quantitative estimate of drug-likeness (QED) is 0.708. The average Bonchev–Trinajstić information content (AvgIpc) is 2.45. The Labute approximate surface area is 82.6 Å². The maximum absolute atomic E-state index is 11.8. The molecule has 0 radical (unpaired) electrons. The van der Waals surface area contributed by atoms with Gasteiger partial charge in [-0.1, -0.05) is 19.1 Å². The van der Waals surface area contributed by atoms with Gasteiger partial charge in [-0.15, -0.1) is 0 Å². The summed E-state index contributed by atoms with van der Waals surface area (Å²) in [5.41, 5.74) is 2.11. The molecule has 1 aromatic carbocycles. The average molecular weight is 190 g/mol. The molecule has 3 nitrogen and oxygen atoms in total. The third-order valence-electron chi connectivity index (χ3n) is 2.50. The molecule has 0 fully saturated rings. The fourth-order valence-corrected chi connectivity index (χ4v) is 1.80. The van der Waals surface area contributed by atoms with E-state index in [2.05, 4.69) is 6.92 Å². The van der Waals surface area contributed by atoms with Crippen molar-refractivity contribution in [3.05, 3.63) is 34.7 Å². The van der Waals surface area contributed by atoms with Crippen LogP contribution in [-0.2, 0) is 13.6 Å². The van der Waals surface area contributed by atoms with Crippen molar-refractivity contribution in [3.8, 4) is 0 Å². The number of para-hydroxylation sites is 2. The summed E-state index contributed by atoms with van der Waals surface area (Å²) in [7, 11) is 1.82. The number of aromatic nitrogens is 2. The number of hydrogen-bond donors (Lipinski definition) is 0. The number of benzene rings is 1. The topological polar surface area (TPSA) is 26.9 Å². The summed E-state index contributed by atoms with van der Waals surface area (Å²) in [4.78, 5) is 11.8. The zero-order valence-electron chi connectivity index (χ0n) is 8.53. The summed E-state index contributed by atoms with van der Waals surface area (Å²) < 4.78 is 3.53. The maximum atomic E-state index is 11.8. The van der Waals surface area contributed by atoms with Crippen LogP contribution < -0.4 is 5.69 Å². The molecule has 0 bridgehead atoms. The minimum absolute atomic E-state index is 0.0769. The van der Waals surface area contributed by atoms with Crippen LogP contribution in [0.15, 0.2) is 29.1 Å². The van der Waals surface area contributed by atoms with Crippen LogP contribution in [0.25, 0.3) is 11.0 Å². The fourth-order valence-electron chi connectivity index (χ4n) is 1.80. The summed E-state index contributed by atoms with van der Waals surface area (Å²) in [6.07, 6.45) is 0.980. The van der Waals surface area contributed by atoms with Gasteiger partial charge in [0.25, 0.3) is 0 Å². The van der Waals surface area contributed by atoms with Gasteiger partial charge < -0.3 is 0 Å². The van der Waals surface area contributed by atoms with Crippen LogP contribution in [0.4, 0.5) is 0 Å². The zero-order valence-corrected chi connectivity index (χ0v) is 8.53. The molecule has 74 valence electrons. The summed E-state index contributed by atoms with van der Waals surface area (Å²) >= 11 is 0. The molecule has 0 saturated heterocycles. The SMILES string of the molecule is CCCn1c(=O)n(C)c2ccccc21. The van der Waals surface area contributed by atoms with E-state index in [0.29, 0.717) is 0 Å². The first-order valence-corrected chi connectivity index (χ1v) is 4.90. The molecular weight excluding hydrogens is 176 g/mol. The van der Waals surface area contributed by atoms with Crippen molar-refractivity contribution in [2.45, 2.75) is 19.9 Å². The second-order valence-electron chi connectivity index (χ2n) is 3.48. The van der Waals surface area contributed by atoms with E-state index in [1.54, 1.807) is 4.57 Å². The lowest BCUT2D eigenvalue weighted by Gasteiger charge is -1.98. The Hall–Kier alpha value is -1.51. The number of imidazole rings is 1. The molecule has 2 rings (SSSR count). The Morgan fingerprint density at radius 3 is 2.50 bits per heavy atom. The van der Waals surface area contributed by atoms with E-state index in [1.807, 2.05) is 35.9 Å². The van der Waals surface area contributed by atoms with Gasteiger partial charge in [0.1, 0.15) is 0 Å². The first-order valence-electron chi connectivity index (χ1n) is 4.90. The number of aryl methyl sites for hydroxylation is 2. The van der Waals surface area contributed by atoms with Gasteiger partial charge in [0, 0.05) is 13.6 Å². The van der Waals surface area contributed by atoms with Crippen LogP contribution in [0.5, 0.6) is 0 Å². The highest BCUT2D eigenvalue weighted by Gasteiger charge is 2.07. The summed E-state index contributed by atoms with van der Waals surface area (Å²) in [6, 6.07) is 7.89. The van der Waals surface area contributed by atoms with E-state index in [0.717, 1.165) is 24.0 Å². The van der Waals surface area contributed by atoms with Crippen LogP contribution in [-0.4, -0.2) is 9.13 Å². The molecule has 1 aromatic heterocycles. The van der Waals surface area contributed by atoms with E-state index >= 15 is 0 Å². The third-order valence-corrected chi connectivity index (χ3v) is 2.50. The monoisotopic (exact) mass is 190 g/mol. The Kier molecular flexibility index (Phi) is 2.15. The highest BCUT2D eigenvalue weighted by atomic mass is 16.1. The second-order valence-corrected chi connectivity index (χ2v) is 3.48. The van der Waals surface area contributed by atoms with Crippen LogP contribution in [0.2, 0.25) is 0 Å². The molecule has 14 heavy (non-hydrogen) atoms. The Bertz CT molecular complexity index is 507. The fraction of sp³-hybridized carbons (Fsp3) is 0.364. The van der Waals surface area contributed by atoms with Crippen LogP contribution >= 0.6 is 0 Å². The van der Waals surface area contributed by atoms with Gasteiger partial charge in [-0.25, -0.2) is 4.79 Å². The van der Waals surface area contributed by atoms with Crippen LogP contribution in [0.1, 0.15) is 13.3 Å². The molecule has 0 spiro atoms. The molecule has 0 aliphatic carbocycles. The zero-order chi connectivity index (χ0) is 10.1. The first kappa shape index (κ1) is 9.06. The molecule has 0 N–H and O–H groups in total. The molecule has 1 heterocycles. The molecule has 3 heteroatoms. The van der Waals surface area contributed by atoms with E-state index in [4.69, 9.17) is 0 Å². The molecule has 0 amide bonds. The Morgan fingerprint density at radius 2 is 1.86 bits per heavy atom. The normalized spacial score (nSPS) is 11.0. The lowest BCUT2D eigenvalue weighted by atomic mass is 10.3. The van der Waals surface area contributed by atoms with Crippen molar-refractivity contribution in [3.63, 3.8) is 0 Å². The van der Waals surface area contributed by atoms with Gasteiger partial charge in [0.15, 0.2) is 0 Å². The van der Waals surface area contributed by atoms with Crippen molar-refractivity contribution >= 4 is 11.0 Å². The van der Waals surface area contributed by atoms with Crippen molar-refractivity contribution < 1.29 is 0 Å². The smallest absolute Gasteiger partial charge is 0.295 e. The minimum Gasteiger partial charge on any atom is -0.295 e. The highest BCUT2D eigenvalue weighted by molar-refractivity contribution is 5.75. The van der Waals surface area contributed by atoms with Gasteiger partial charge in [-0.05, 0) is 18.6 Å². The van der Waals surface area contributed by atoms with Crippen molar-refractivity contribution in [1.29, 1.82) is 0 Å².